The lowest BCUT2D eigenvalue weighted by Gasteiger charge is -2.47. The Labute approximate surface area is 172 Å². The van der Waals surface area contributed by atoms with E-state index in [4.69, 9.17) is 21.5 Å². The summed E-state index contributed by atoms with van der Waals surface area (Å²) >= 11 is 6.01. The van der Waals surface area contributed by atoms with Crippen molar-refractivity contribution in [2.24, 2.45) is 28.8 Å². The number of carboxylic acid groups (broad SMARTS) is 1. The van der Waals surface area contributed by atoms with Crippen LogP contribution in [0.3, 0.4) is 0 Å². The zero-order valence-electron chi connectivity index (χ0n) is 16.3. The minimum atomic E-state index is -0.716. The number of fused-ring (bicyclic) bond motifs is 3. The number of allylic oxidation sites excluding steroid dienone is 2. The Bertz CT molecular complexity index is 695. The second-order valence-electron chi connectivity index (χ2n) is 8.07. The summed E-state index contributed by atoms with van der Waals surface area (Å²) in [4.78, 5) is 16.1. The first-order chi connectivity index (χ1) is 13.6. The molecule has 4 nitrogen and oxygen atoms in total. The Morgan fingerprint density at radius 1 is 1.21 bits per heavy atom. The van der Waals surface area contributed by atoms with Gasteiger partial charge in [0.15, 0.2) is 0 Å². The summed E-state index contributed by atoms with van der Waals surface area (Å²) in [5, 5.41) is 13.7. The molecule has 0 saturated heterocycles. The van der Waals surface area contributed by atoms with Crippen molar-refractivity contribution in [2.75, 3.05) is 0 Å². The molecule has 3 aliphatic carbocycles. The fraction of sp³-hybridized carbons (Fsp3) is 0.565. The van der Waals surface area contributed by atoms with Crippen LogP contribution in [0.4, 0.5) is 0 Å². The van der Waals surface area contributed by atoms with E-state index >= 15 is 0 Å². The van der Waals surface area contributed by atoms with Crippen LogP contribution in [0.2, 0.25) is 5.02 Å². The molecular formula is C23H30ClNO3. The van der Waals surface area contributed by atoms with Crippen molar-refractivity contribution in [2.45, 2.75) is 58.0 Å². The normalized spacial score (nSPS) is 26.9. The number of nitrogens with zero attached hydrogens (tertiary/aromatic N) is 1. The van der Waals surface area contributed by atoms with Crippen molar-refractivity contribution in [3.63, 3.8) is 0 Å². The van der Waals surface area contributed by atoms with Gasteiger partial charge in [-0.15, -0.1) is 0 Å². The molecule has 0 unspecified atom stereocenters. The van der Waals surface area contributed by atoms with E-state index in [1.54, 1.807) is 0 Å². The van der Waals surface area contributed by atoms with Crippen molar-refractivity contribution < 1.29 is 14.7 Å². The van der Waals surface area contributed by atoms with Gasteiger partial charge in [0.2, 0.25) is 0 Å². The maximum atomic E-state index is 10.6. The first-order valence-corrected chi connectivity index (χ1v) is 10.8. The van der Waals surface area contributed by atoms with Gasteiger partial charge in [0.05, 0.1) is 0 Å². The summed E-state index contributed by atoms with van der Waals surface area (Å²) in [6, 6.07) is 7.66. The summed E-state index contributed by atoms with van der Waals surface area (Å²) in [6.45, 7) is 0.437. The Kier molecular flexibility index (Phi) is 7.96. The smallest absolute Gasteiger partial charge is 0.303 e. The lowest BCUT2D eigenvalue weighted by atomic mass is 9.58. The number of carbonyl (C=O) groups is 1. The van der Waals surface area contributed by atoms with Crippen LogP contribution in [0.5, 0.6) is 0 Å². The minimum absolute atomic E-state index is 0.248. The molecule has 2 atom stereocenters. The minimum Gasteiger partial charge on any atom is -0.481 e. The van der Waals surface area contributed by atoms with Crippen molar-refractivity contribution in [3.8, 4) is 0 Å². The van der Waals surface area contributed by atoms with Gasteiger partial charge in [0.1, 0.15) is 6.61 Å². The van der Waals surface area contributed by atoms with Crippen LogP contribution in [0.25, 0.3) is 0 Å². The fourth-order valence-electron chi connectivity index (χ4n) is 4.80. The van der Waals surface area contributed by atoms with E-state index in [9.17, 15) is 4.79 Å². The SMILES string of the molecule is O=C(O)CCC/C=C\C[C@H]1C2CCC(CC2)[C@@H]1/C=N/OCc1cccc(Cl)c1. The summed E-state index contributed by atoms with van der Waals surface area (Å²) in [5.74, 6) is 1.89. The molecule has 5 heteroatoms. The number of hydrogen-bond acceptors (Lipinski definition) is 3. The Balaban J connectivity index is 1.50. The van der Waals surface area contributed by atoms with E-state index in [1.165, 1.54) is 25.7 Å². The van der Waals surface area contributed by atoms with Gasteiger partial charge in [0.25, 0.3) is 0 Å². The average Bonchev–Trinajstić information content (AvgIpc) is 2.69. The molecule has 0 heterocycles. The highest BCUT2D eigenvalue weighted by molar-refractivity contribution is 6.30. The Morgan fingerprint density at radius 2 is 2.00 bits per heavy atom. The van der Waals surface area contributed by atoms with Crippen molar-refractivity contribution in [1.29, 1.82) is 0 Å². The van der Waals surface area contributed by atoms with Crippen LogP contribution < -0.4 is 0 Å². The number of rotatable bonds is 10. The quantitative estimate of drug-likeness (QED) is 0.222. The number of halogens is 1. The van der Waals surface area contributed by atoms with Gasteiger partial charge in [-0.2, -0.15) is 0 Å². The van der Waals surface area contributed by atoms with Crippen molar-refractivity contribution in [1.82, 2.24) is 0 Å². The maximum absolute atomic E-state index is 10.6. The van der Waals surface area contributed by atoms with Gasteiger partial charge in [-0.25, -0.2) is 0 Å². The Morgan fingerprint density at radius 3 is 2.75 bits per heavy atom. The molecule has 0 spiro atoms. The molecule has 4 rings (SSSR count). The topological polar surface area (TPSA) is 58.9 Å². The van der Waals surface area contributed by atoms with Gasteiger partial charge >= 0.3 is 5.97 Å². The standard InChI is InChI=1S/C23H30ClNO3/c24-20-7-5-6-17(14-20)16-28-25-15-22-19-12-10-18(11-13-19)21(22)8-3-1-2-4-9-23(26)27/h1,3,5-7,14-15,18-19,21-22H,2,4,8-13,16H2,(H,26,27)/b3-1-,25-15+/t18?,19?,21-,22-/m0/s1. The number of oxime groups is 1. The van der Waals surface area contributed by atoms with Crippen LogP contribution in [-0.2, 0) is 16.2 Å². The zero-order chi connectivity index (χ0) is 19.8. The molecule has 3 saturated carbocycles. The number of unbranched alkanes of at least 4 members (excludes halogenated alkanes) is 1. The van der Waals surface area contributed by atoms with Crippen LogP contribution in [0.1, 0.15) is 56.9 Å². The molecule has 0 amide bonds. The molecule has 3 aliphatic rings. The maximum Gasteiger partial charge on any atom is 0.303 e. The van der Waals surface area contributed by atoms with Crippen molar-refractivity contribution in [3.05, 3.63) is 47.0 Å². The van der Waals surface area contributed by atoms with Crippen LogP contribution in [-0.4, -0.2) is 17.3 Å². The molecule has 0 radical (unpaired) electrons. The van der Waals surface area contributed by atoms with E-state index in [0.717, 1.165) is 24.3 Å². The van der Waals surface area contributed by atoms with Crippen LogP contribution in [0, 0.1) is 23.7 Å². The van der Waals surface area contributed by atoms with E-state index in [-0.39, 0.29) is 6.42 Å². The van der Waals surface area contributed by atoms with Gasteiger partial charge < -0.3 is 9.94 Å². The van der Waals surface area contributed by atoms with Gasteiger partial charge in [-0.1, -0.05) is 41.0 Å². The summed E-state index contributed by atoms with van der Waals surface area (Å²) < 4.78 is 0. The highest BCUT2D eigenvalue weighted by Crippen LogP contribution is 2.49. The molecule has 2 bridgehead atoms. The third-order valence-electron chi connectivity index (χ3n) is 6.22. The molecule has 1 aromatic rings. The zero-order valence-corrected chi connectivity index (χ0v) is 17.1. The highest BCUT2D eigenvalue weighted by Gasteiger charge is 2.42. The van der Waals surface area contributed by atoms with E-state index < -0.39 is 5.97 Å². The summed E-state index contributed by atoms with van der Waals surface area (Å²) in [5.41, 5.74) is 1.02. The highest BCUT2D eigenvalue weighted by atomic mass is 35.5. The van der Waals surface area contributed by atoms with Crippen LogP contribution in [0.15, 0.2) is 41.6 Å². The third-order valence-corrected chi connectivity index (χ3v) is 6.46. The fourth-order valence-corrected chi connectivity index (χ4v) is 5.01. The predicted molar refractivity (Wildman–Crippen MR) is 112 cm³/mol. The molecule has 1 N–H and O–H groups in total. The Hall–Kier alpha value is -1.81. The lowest BCUT2D eigenvalue weighted by molar-refractivity contribution is -0.137. The molecular weight excluding hydrogens is 374 g/mol. The second kappa shape index (κ2) is 10.7. The number of hydrogen-bond donors (Lipinski definition) is 1. The average molecular weight is 404 g/mol. The first-order valence-electron chi connectivity index (χ1n) is 10.4. The molecule has 0 aliphatic heterocycles. The van der Waals surface area contributed by atoms with E-state index in [2.05, 4.69) is 17.3 Å². The third kappa shape index (κ3) is 6.10. The first kappa shape index (κ1) is 20.9. The monoisotopic (exact) mass is 403 g/mol. The van der Waals surface area contributed by atoms with Gasteiger partial charge in [-0.3, -0.25) is 4.79 Å². The number of aliphatic carboxylic acids is 1. The van der Waals surface area contributed by atoms with E-state index in [1.807, 2.05) is 30.5 Å². The van der Waals surface area contributed by atoms with Crippen LogP contribution >= 0.6 is 11.6 Å². The van der Waals surface area contributed by atoms with Gasteiger partial charge in [0, 0.05) is 23.6 Å². The van der Waals surface area contributed by atoms with Crippen molar-refractivity contribution >= 4 is 23.8 Å². The summed E-state index contributed by atoms with van der Waals surface area (Å²) in [6.07, 6.45) is 14.6. The van der Waals surface area contributed by atoms with E-state index in [0.29, 0.717) is 35.8 Å². The molecule has 0 aromatic heterocycles. The summed E-state index contributed by atoms with van der Waals surface area (Å²) in [7, 11) is 0. The molecule has 152 valence electrons. The predicted octanol–water partition coefficient (Wildman–Crippen LogP) is 6.10. The van der Waals surface area contributed by atoms with Gasteiger partial charge in [-0.05, 0) is 80.4 Å². The number of carboxylic acids is 1. The largest absolute Gasteiger partial charge is 0.481 e. The molecule has 28 heavy (non-hydrogen) atoms. The number of benzene rings is 1. The molecule has 3 fully saturated rings. The second-order valence-corrected chi connectivity index (χ2v) is 8.50. The lowest BCUT2D eigenvalue weighted by Crippen LogP contribution is -2.40. The molecule has 1 aromatic carbocycles.